The molecule has 0 aliphatic rings. The first kappa shape index (κ1) is 16.1. The van der Waals surface area contributed by atoms with E-state index in [2.05, 4.69) is 10.9 Å². The molecule has 0 aliphatic carbocycles. The fourth-order valence-electron chi connectivity index (χ4n) is 1.64. The van der Waals surface area contributed by atoms with Crippen LogP contribution < -0.4 is 10.9 Å². The number of amides is 2. The highest BCUT2D eigenvalue weighted by molar-refractivity contribution is 6.42. The van der Waals surface area contributed by atoms with Gasteiger partial charge in [0.05, 0.1) is 10.0 Å². The van der Waals surface area contributed by atoms with Crippen LogP contribution in [0.4, 0.5) is 0 Å². The number of hydrazine groups is 1. The minimum absolute atomic E-state index is 0.363. The smallest absolute Gasteiger partial charge is 0.268 e. The van der Waals surface area contributed by atoms with Crippen molar-refractivity contribution in [3.63, 3.8) is 0 Å². The van der Waals surface area contributed by atoms with Crippen LogP contribution in [0, 0.1) is 0 Å². The number of halogens is 2. The predicted molar refractivity (Wildman–Crippen MR) is 87.5 cm³/mol. The van der Waals surface area contributed by atoms with Gasteiger partial charge in [-0.2, -0.15) is 0 Å². The first-order chi connectivity index (χ1) is 10.6. The van der Waals surface area contributed by atoms with Crippen molar-refractivity contribution in [2.24, 2.45) is 0 Å². The summed E-state index contributed by atoms with van der Waals surface area (Å²) in [4.78, 5) is 23.4. The summed E-state index contributed by atoms with van der Waals surface area (Å²) in [7, 11) is 0. The van der Waals surface area contributed by atoms with Gasteiger partial charge in [0.25, 0.3) is 11.8 Å². The predicted octanol–water partition coefficient (Wildman–Crippen LogP) is 3.47. The van der Waals surface area contributed by atoms with E-state index in [1.165, 1.54) is 12.2 Å². The fourth-order valence-corrected chi connectivity index (χ4v) is 2.01. The van der Waals surface area contributed by atoms with Crippen LogP contribution in [-0.2, 0) is 4.79 Å². The monoisotopic (exact) mass is 334 g/mol. The molecule has 2 aromatic rings. The van der Waals surface area contributed by atoms with Gasteiger partial charge in [0.1, 0.15) is 0 Å². The molecule has 2 aromatic carbocycles. The molecule has 0 aliphatic heterocycles. The van der Waals surface area contributed by atoms with Crippen LogP contribution in [0.2, 0.25) is 10.0 Å². The Morgan fingerprint density at radius 1 is 0.909 bits per heavy atom. The highest BCUT2D eigenvalue weighted by Crippen LogP contribution is 2.26. The molecule has 0 saturated carbocycles. The maximum atomic E-state index is 11.7. The standard InChI is InChI=1S/C16H12Cl2N2O2/c17-13-8-4-7-11(15(13)18)9-10-14(21)19-20-16(22)12-5-2-1-3-6-12/h1-10H,(H,19,21)(H,20,22)/b10-9+. The Morgan fingerprint density at radius 3 is 2.36 bits per heavy atom. The zero-order valence-corrected chi connectivity index (χ0v) is 12.9. The summed E-state index contributed by atoms with van der Waals surface area (Å²) < 4.78 is 0. The van der Waals surface area contributed by atoms with E-state index in [4.69, 9.17) is 23.2 Å². The maximum absolute atomic E-state index is 11.7. The van der Waals surface area contributed by atoms with Crippen LogP contribution in [0.1, 0.15) is 15.9 Å². The number of rotatable bonds is 3. The highest BCUT2D eigenvalue weighted by atomic mass is 35.5. The minimum atomic E-state index is -0.486. The van der Waals surface area contributed by atoms with Crippen LogP contribution in [0.5, 0.6) is 0 Å². The zero-order valence-electron chi connectivity index (χ0n) is 11.3. The second-order valence-corrected chi connectivity index (χ2v) is 5.07. The van der Waals surface area contributed by atoms with Crippen LogP contribution >= 0.6 is 23.2 Å². The van der Waals surface area contributed by atoms with Gasteiger partial charge in [-0.15, -0.1) is 0 Å². The number of benzene rings is 2. The van der Waals surface area contributed by atoms with Crippen molar-refractivity contribution in [2.75, 3.05) is 0 Å². The van der Waals surface area contributed by atoms with Crippen molar-refractivity contribution in [1.29, 1.82) is 0 Å². The number of carbonyl (C=O) groups excluding carboxylic acids is 2. The normalized spacial score (nSPS) is 10.5. The molecule has 0 saturated heterocycles. The minimum Gasteiger partial charge on any atom is -0.268 e. The lowest BCUT2D eigenvalue weighted by Gasteiger charge is -2.05. The molecule has 2 N–H and O–H groups in total. The van der Waals surface area contributed by atoms with E-state index in [1.807, 2.05) is 0 Å². The van der Waals surface area contributed by atoms with Gasteiger partial charge in [-0.1, -0.05) is 53.5 Å². The summed E-state index contributed by atoms with van der Waals surface area (Å²) in [5, 5.41) is 0.767. The molecule has 2 amide bonds. The highest BCUT2D eigenvalue weighted by Gasteiger charge is 2.05. The van der Waals surface area contributed by atoms with E-state index >= 15 is 0 Å². The van der Waals surface area contributed by atoms with Crippen LogP contribution in [0.3, 0.4) is 0 Å². The van der Waals surface area contributed by atoms with Crippen molar-refractivity contribution >= 4 is 41.1 Å². The number of hydrogen-bond donors (Lipinski definition) is 2. The molecule has 0 aromatic heterocycles. The number of hydrogen-bond acceptors (Lipinski definition) is 2. The topological polar surface area (TPSA) is 58.2 Å². The van der Waals surface area contributed by atoms with Crippen LogP contribution in [0.25, 0.3) is 6.08 Å². The van der Waals surface area contributed by atoms with Gasteiger partial charge < -0.3 is 0 Å². The number of nitrogens with one attached hydrogen (secondary N) is 2. The number of carbonyl (C=O) groups is 2. The second-order valence-electron chi connectivity index (χ2n) is 4.29. The van der Waals surface area contributed by atoms with Crippen molar-refractivity contribution in [1.82, 2.24) is 10.9 Å². The summed E-state index contributed by atoms with van der Waals surface area (Å²) in [6, 6.07) is 13.7. The summed E-state index contributed by atoms with van der Waals surface area (Å²) in [6.07, 6.45) is 2.76. The first-order valence-corrected chi connectivity index (χ1v) is 7.11. The lowest BCUT2D eigenvalue weighted by molar-refractivity contribution is -0.117. The molecular weight excluding hydrogens is 323 g/mol. The molecule has 0 fully saturated rings. The molecule has 0 atom stereocenters. The third-order valence-corrected chi connectivity index (χ3v) is 3.56. The first-order valence-electron chi connectivity index (χ1n) is 6.35. The lowest BCUT2D eigenvalue weighted by atomic mass is 10.2. The van der Waals surface area contributed by atoms with Gasteiger partial charge in [0.15, 0.2) is 0 Å². The summed E-state index contributed by atoms with van der Waals surface area (Å²) in [5.41, 5.74) is 5.65. The van der Waals surface area contributed by atoms with E-state index in [0.717, 1.165) is 0 Å². The van der Waals surface area contributed by atoms with Crippen molar-refractivity contribution in [2.45, 2.75) is 0 Å². The van der Waals surface area contributed by atoms with Crippen molar-refractivity contribution < 1.29 is 9.59 Å². The zero-order chi connectivity index (χ0) is 15.9. The Balaban J connectivity index is 1.92. The molecule has 0 radical (unpaired) electrons. The third-order valence-electron chi connectivity index (χ3n) is 2.73. The largest absolute Gasteiger partial charge is 0.269 e. The van der Waals surface area contributed by atoms with Gasteiger partial charge >= 0.3 is 0 Å². The Kier molecular flexibility index (Phi) is 5.58. The molecule has 0 bridgehead atoms. The van der Waals surface area contributed by atoms with E-state index in [0.29, 0.717) is 21.2 Å². The van der Waals surface area contributed by atoms with Gasteiger partial charge in [-0.3, -0.25) is 20.4 Å². The van der Waals surface area contributed by atoms with Crippen LogP contribution in [-0.4, -0.2) is 11.8 Å². The van der Waals surface area contributed by atoms with Gasteiger partial charge in [-0.25, -0.2) is 0 Å². The lowest BCUT2D eigenvalue weighted by Crippen LogP contribution is -2.40. The van der Waals surface area contributed by atoms with E-state index in [9.17, 15) is 9.59 Å². The molecule has 22 heavy (non-hydrogen) atoms. The molecule has 4 nitrogen and oxygen atoms in total. The van der Waals surface area contributed by atoms with Gasteiger partial charge in [0, 0.05) is 11.6 Å². The van der Waals surface area contributed by atoms with E-state index in [-0.39, 0.29) is 0 Å². The molecule has 6 heteroatoms. The Labute approximate surface area is 137 Å². The van der Waals surface area contributed by atoms with Crippen molar-refractivity contribution in [3.05, 3.63) is 75.8 Å². The quantitative estimate of drug-likeness (QED) is 0.667. The van der Waals surface area contributed by atoms with Crippen LogP contribution in [0.15, 0.2) is 54.6 Å². The fraction of sp³-hybridized carbons (Fsp3) is 0. The summed E-state index contributed by atoms with van der Waals surface area (Å²) in [6.45, 7) is 0. The average molecular weight is 335 g/mol. The third kappa shape index (κ3) is 4.35. The maximum Gasteiger partial charge on any atom is 0.269 e. The van der Waals surface area contributed by atoms with Gasteiger partial charge in [0.2, 0.25) is 0 Å². The molecule has 112 valence electrons. The summed E-state index contributed by atoms with van der Waals surface area (Å²) >= 11 is 11.9. The molecule has 0 unspecified atom stereocenters. The molecular formula is C16H12Cl2N2O2. The molecule has 2 rings (SSSR count). The Bertz CT molecular complexity index is 715. The Hall–Kier alpha value is -2.30. The Morgan fingerprint density at radius 2 is 1.64 bits per heavy atom. The van der Waals surface area contributed by atoms with Gasteiger partial charge in [-0.05, 0) is 29.8 Å². The molecule has 0 spiro atoms. The van der Waals surface area contributed by atoms with Crippen molar-refractivity contribution in [3.8, 4) is 0 Å². The average Bonchev–Trinajstić information content (AvgIpc) is 2.54. The van der Waals surface area contributed by atoms with E-state index < -0.39 is 11.8 Å². The molecule has 0 heterocycles. The van der Waals surface area contributed by atoms with E-state index in [1.54, 1.807) is 48.5 Å². The second kappa shape index (κ2) is 7.64. The SMILES string of the molecule is O=C(/C=C/c1cccc(Cl)c1Cl)NNC(=O)c1ccccc1. The summed E-state index contributed by atoms with van der Waals surface area (Å²) in [5.74, 6) is -0.886.